The average Bonchev–Trinajstić information content (AvgIpc) is 2.94. The maximum Gasteiger partial charge on any atom is 0.339 e. The minimum Gasteiger partial charge on any atom is -0.379 e. The van der Waals surface area contributed by atoms with Gasteiger partial charge in [-0.25, -0.2) is 0 Å². The smallest absolute Gasteiger partial charge is 0.339 e. The lowest BCUT2D eigenvalue weighted by Crippen LogP contribution is -2.09. The Bertz CT molecular complexity index is 936. The van der Waals surface area contributed by atoms with Crippen LogP contribution >= 0.6 is 15.9 Å². The summed E-state index contributed by atoms with van der Waals surface area (Å²) in [6.45, 7) is 1.69. The highest BCUT2D eigenvalue weighted by molar-refractivity contribution is 9.10. The molecule has 3 rings (SSSR count). The number of nitrogens with zero attached hydrogens (tertiary/aromatic N) is 2. The van der Waals surface area contributed by atoms with Crippen LogP contribution in [-0.4, -0.2) is 18.6 Å². The van der Waals surface area contributed by atoms with Crippen LogP contribution in [0.15, 0.2) is 62.4 Å². The molecule has 0 amide bonds. The summed E-state index contributed by atoms with van der Waals surface area (Å²) in [7, 11) is -3.89. The van der Waals surface area contributed by atoms with E-state index in [1.54, 1.807) is 31.2 Å². The highest BCUT2D eigenvalue weighted by atomic mass is 79.9. The van der Waals surface area contributed by atoms with E-state index in [1.807, 2.05) is 0 Å². The molecule has 118 valence electrons. The summed E-state index contributed by atoms with van der Waals surface area (Å²) in [4.78, 5) is 4.17. The fourth-order valence-electron chi connectivity index (χ4n) is 1.87. The van der Waals surface area contributed by atoms with Gasteiger partial charge in [0.15, 0.2) is 0 Å². The normalized spacial score (nSPS) is 11.4. The van der Waals surface area contributed by atoms with Gasteiger partial charge in [-0.15, -0.1) is 0 Å². The Morgan fingerprint density at radius 3 is 2.48 bits per heavy atom. The number of aromatic nitrogens is 2. The molecule has 23 heavy (non-hydrogen) atoms. The molecular formula is C15H11BrN2O4S. The molecule has 8 heteroatoms. The lowest BCUT2D eigenvalue weighted by molar-refractivity contribution is 0.394. The van der Waals surface area contributed by atoms with E-state index in [2.05, 4.69) is 26.1 Å². The topological polar surface area (TPSA) is 82.3 Å². The first-order chi connectivity index (χ1) is 10.9. The minimum atomic E-state index is -3.89. The van der Waals surface area contributed by atoms with Gasteiger partial charge in [-0.2, -0.15) is 13.4 Å². The van der Waals surface area contributed by atoms with Crippen molar-refractivity contribution in [2.24, 2.45) is 0 Å². The van der Waals surface area contributed by atoms with Gasteiger partial charge in [-0.1, -0.05) is 27.2 Å². The summed E-state index contributed by atoms with van der Waals surface area (Å²) in [5, 5.41) is 3.80. The number of rotatable bonds is 4. The molecule has 0 saturated heterocycles. The van der Waals surface area contributed by atoms with Crippen LogP contribution < -0.4 is 4.18 Å². The molecule has 0 radical (unpaired) electrons. The van der Waals surface area contributed by atoms with Crippen LogP contribution in [0.2, 0.25) is 0 Å². The number of hydrogen-bond acceptors (Lipinski definition) is 6. The van der Waals surface area contributed by atoms with Gasteiger partial charge in [0, 0.05) is 17.0 Å². The van der Waals surface area contributed by atoms with E-state index in [9.17, 15) is 8.42 Å². The van der Waals surface area contributed by atoms with Gasteiger partial charge in [0.25, 0.3) is 0 Å². The van der Waals surface area contributed by atoms with Gasteiger partial charge < -0.3 is 8.71 Å². The van der Waals surface area contributed by atoms with Gasteiger partial charge in [-0.05, 0) is 42.5 Å². The molecule has 0 aliphatic heterocycles. The van der Waals surface area contributed by atoms with Crippen LogP contribution in [0.3, 0.4) is 0 Å². The van der Waals surface area contributed by atoms with Gasteiger partial charge >= 0.3 is 10.1 Å². The van der Waals surface area contributed by atoms with Gasteiger partial charge in [0.2, 0.25) is 11.7 Å². The maximum atomic E-state index is 12.2. The lowest BCUT2D eigenvalue weighted by atomic mass is 10.2. The Hall–Kier alpha value is -2.19. The van der Waals surface area contributed by atoms with Crippen molar-refractivity contribution in [3.63, 3.8) is 0 Å². The number of halogens is 1. The Morgan fingerprint density at radius 2 is 1.87 bits per heavy atom. The third-order valence-corrected chi connectivity index (χ3v) is 4.67. The minimum absolute atomic E-state index is 0.0738. The van der Waals surface area contributed by atoms with Crippen molar-refractivity contribution < 1.29 is 17.1 Å². The molecule has 2 aromatic carbocycles. The molecule has 0 fully saturated rings. The molecule has 0 unspecified atom stereocenters. The quantitative estimate of drug-likeness (QED) is 0.628. The van der Waals surface area contributed by atoms with Crippen molar-refractivity contribution in [2.45, 2.75) is 11.8 Å². The third kappa shape index (κ3) is 3.59. The molecular weight excluding hydrogens is 384 g/mol. The Balaban J connectivity index is 1.83. The molecule has 0 atom stereocenters. The third-order valence-electron chi connectivity index (χ3n) is 2.93. The largest absolute Gasteiger partial charge is 0.379 e. The monoisotopic (exact) mass is 394 g/mol. The first-order valence-corrected chi connectivity index (χ1v) is 8.75. The Kier molecular flexibility index (Phi) is 4.18. The zero-order valence-corrected chi connectivity index (χ0v) is 14.3. The zero-order chi connectivity index (χ0) is 16.4. The summed E-state index contributed by atoms with van der Waals surface area (Å²) >= 11 is 3.23. The van der Waals surface area contributed by atoms with E-state index < -0.39 is 10.1 Å². The number of hydrogen-bond donors (Lipinski definition) is 0. The second-order valence-electron chi connectivity index (χ2n) is 4.66. The van der Waals surface area contributed by atoms with Crippen LogP contribution in [0.1, 0.15) is 5.89 Å². The van der Waals surface area contributed by atoms with E-state index in [4.69, 9.17) is 8.71 Å². The molecule has 0 spiro atoms. The fraction of sp³-hybridized carbons (Fsp3) is 0.0667. The molecule has 0 aliphatic carbocycles. The molecule has 0 saturated carbocycles. The van der Waals surface area contributed by atoms with Crippen LogP contribution in [0.4, 0.5) is 0 Å². The van der Waals surface area contributed by atoms with E-state index in [0.29, 0.717) is 21.8 Å². The van der Waals surface area contributed by atoms with E-state index in [0.717, 1.165) is 0 Å². The van der Waals surface area contributed by atoms with Crippen molar-refractivity contribution in [3.8, 4) is 17.1 Å². The second kappa shape index (κ2) is 6.13. The highest BCUT2D eigenvalue weighted by Crippen LogP contribution is 2.24. The standard InChI is InChI=1S/C15H11BrN2O4S/c1-10-17-15(18-21-10)11-5-7-13(8-6-11)22-23(19,20)14-4-2-3-12(16)9-14/h2-9H,1H3. The summed E-state index contributed by atoms with van der Waals surface area (Å²) in [6, 6.07) is 12.7. The van der Waals surface area contributed by atoms with Gasteiger partial charge in [-0.3, -0.25) is 0 Å². The summed E-state index contributed by atoms with van der Waals surface area (Å²) in [6.07, 6.45) is 0. The fourth-order valence-corrected chi connectivity index (χ4v) is 3.40. The van der Waals surface area contributed by atoms with Crippen molar-refractivity contribution in [1.29, 1.82) is 0 Å². The molecule has 0 bridgehead atoms. The predicted molar refractivity (Wildman–Crippen MR) is 86.4 cm³/mol. The maximum absolute atomic E-state index is 12.2. The molecule has 1 heterocycles. The molecule has 0 aliphatic rings. The summed E-state index contributed by atoms with van der Waals surface area (Å²) in [5.74, 6) is 1.09. The Morgan fingerprint density at radius 1 is 1.13 bits per heavy atom. The van der Waals surface area contributed by atoms with Crippen LogP contribution in [-0.2, 0) is 10.1 Å². The number of benzene rings is 2. The average molecular weight is 395 g/mol. The van der Waals surface area contributed by atoms with E-state index in [1.165, 1.54) is 24.3 Å². The summed E-state index contributed by atoms with van der Waals surface area (Å²) in [5.41, 5.74) is 0.703. The molecule has 0 N–H and O–H groups in total. The van der Waals surface area contributed by atoms with Crippen molar-refractivity contribution in [2.75, 3.05) is 0 Å². The highest BCUT2D eigenvalue weighted by Gasteiger charge is 2.17. The molecule has 3 aromatic rings. The van der Waals surface area contributed by atoms with Gasteiger partial charge in [0.1, 0.15) is 10.6 Å². The second-order valence-corrected chi connectivity index (χ2v) is 7.12. The number of aryl methyl sites for hydroxylation is 1. The van der Waals surface area contributed by atoms with E-state index in [-0.39, 0.29) is 10.6 Å². The van der Waals surface area contributed by atoms with Crippen molar-refractivity contribution >= 4 is 26.0 Å². The Labute approximate surface area is 141 Å². The van der Waals surface area contributed by atoms with Crippen LogP contribution in [0.5, 0.6) is 5.75 Å². The zero-order valence-electron chi connectivity index (χ0n) is 11.9. The molecule has 6 nitrogen and oxygen atoms in total. The lowest BCUT2D eigenvalue weighted by Gasteiger charge is -2.07. The van der Waals surface area contributed by atoms with Crippen LogP contribution in [0.25, 0.3) is 11.4 Å². The first kappa shape index (κ1) is 15.7. The predicted octanol–water partition coefficient (Wildman–Crippen LogP) is 3.58. The van der Waals surface area contributed by atoms with Crippen LogP contribution in [0, 0.1) is 6.92 Å². The van der Waals surface area contributed by atoms with Crippen molar-refractivity contribution in [1.82, 2.24) is 10.1 Å². The summed E-state index contributed by atoms with van der Waals surface area (Å²) < 4.78 is 35.1. The van der Waals surface area contributed by atoms with Gasteiger partial charge in [0.05, 0.1) is 0 Å². The van der Waals surface area contributed by atoms with Crippen molar-refractivity contribution in [3.05, 3.63) is 58.9 Å². The SMILES string of the molecule is Cc1nc(-c2ccc(OS(=O)(=O)c3cccc(Br)c3)cc2)no1. The molecule has 1 aromatic heterocycles. The first-order valence-electron chi connectivity index (χ1n) is 6.55. The van der Waals surface area contributed by atoms with E-state index >= 15 is 0 Å².